The van der Waals surface area contributed by atoms with Crippen molar-refractivity contribution in [1.29, 1.82) is 0 Å². The van der Waals surface area contributed by atoms with E-state index in [0.717, 1.165) is 11.1 Å². The van der Waals surface area contributed by atoms with Crippen LogP contribution in [0.5, 0.6) is 5.75 Å². The molecule has 0 saturated carbocycles. The molecule has 1 N–H and O–H groups in total. The zero-order chi connectivity index (χ0) is 13.2. The molecule has 1 atom stereocenters. The van der Waals surface area contributed by atoms with E-state index in [1.807, 2.05) is 54.6 Å². The van der Waals surface area contributed by atoms with Gasteiger partial charge in [-0.2, -0.15) is 0 Å². The predicted molar refractivity (Wildman–Crippen MR) is 71.9 cm³/mol. The first-order chi connectivity index (χ1) is 9.25. The van der Waals surface area contributed by atoms with Crippen molar-refractivity contribution in [3.8, 4) is 5.75 Å². The van der Waals surface area contributed by atoms with E-state index in [9.17, 15) is 9.90 Å². The number of hydrogen-bond acceptors (Lipinski definition) is 2. The van der Waals surface area contributed by atoms with E-state index in [4.69, 9.17) is 4.74 Å². The maximum Gasteiger partial charge on any atom is 0.335 e. The first kappa shape index (κ1) is 11.5. The number of carboxylic acids is 1. The maximum atomic E-state index is 11.4. The van der Waals surface area contributed by atoms with Gasteiger partial charge in [0.05, 0.1) is 5.57 Å². The Morgan fingerprint density at radius 1 is 1.00 bits per heavy atom. The zero-order valence-corrected chi connectivity index (χ0v) is 10.1. The molecule has 0 spiro atoms. The fraction of sp³-hybridized carbons (Fsp3) is 0.0625. The highest BCUT2D eigenvalue weighted by Gasteiger charge is 2.28. The standard InChI is InChI=1S/C16H12O3/c17-16(18)13-10-12-8-4-5-9-14(12)19-15(13)11-6-2-1-3-7-11/h1-10,15H,(H,17,18). The lowest BCUT2D eigenvalue weighted by Gasteiger charge is -2.25. The van der Waals surface area contributed by atoms with Crippen molar-refractivity contribution in [2.24, 2.45) is 0 Å². The van der Waals surface area contributed by atoms with Crippen LogP contribution in [0.25, 0.3) is 6.08 Å². The number of para-hydroxylation sites is 1. The second-order valence-electron chi connectivity index (χ2n) is 4.35. The molecule has 3 heteroatoms. The number of fused-ring (bicyclic) bond motifs is 1. The lowest BCUT2D eigenvalue weighted by atomic mass is 9.96. The number of carbonyl (C=O) groups is 1. The summed E-state index contributed by atoms with van der Waals surface area (Å²) in [7, 11) is 0. The summed E-state index contributed by atoms with van der Waals surface area (Å²) in [5, 5.41) is 9.35. The van der Waals surface area contributed by atoms with Crippen molar-refractivity contribution < 1.29 is 14.6 Å². The van der Waals surface area contributed by atoms with Gasteiger partial charge in [0.15, 0.2) is 6.10 Å². The number of benzene rings is 2. The Bertz CT molecular complexity index is 644. The smallest absolute Gasteiger partial charge is 0.335 e. The monoisotopic (exact) mass is 252 g/mol. The molecule has 0 amide bonds. The average molecular weight is 252 g/mol. The number of aliphatic carboxylic acids is 1. The molecular formula is C16H12O3. The van der Waals surface area contributed by atoms with Crippen LogP contribution in [0.2, 0.25) is 0 Å². The van der Waals surface area contributed by atoms with Crippen LogP contribution in [-0.2, 0) is 4.79 Å². The van der Waals surface area contributed by atoms with Crippen LogP contribution in [0.1, 0.15) is 17.2 Å². The van der Waals surface area contributed by atoms with Crippen molar-refractivity contribution in [3.63, 3.8) is 0 Å². The van der Waals surface area contributed by atoms with E-state index < -0.39 is 12.1 Å². The second-order valence-corrected chi connectivity index (χ2v) is 4.35. The molecule has 0 aliphatic carbocycles. The average Bonchev–Trinajstić information content (AvgIpc) is 2.46. The Balaban J connectivity index is 2.10. The molecule has 1 heterocycles. The van der Waals surface area contributed by atoms with Gasteiger partial charge in [0.1, 0.15) is 5.75 Å². The molecule has 0 saturated heterocycles. The molecule has 3 rings (SSSR count). The summed E-state index contributed by atoms with van der Waals surface area (Å²) in [6.45, 7) is 0. The molecule has 0 bridgehead atoms. The Kier molecular flexibility index (Phi) is 2.80. The summed E-state index contributed by atoms with van der Waals surface area (Å²) in [4.78, 5) is 11.4. The van der Waals surface area contributed by atoms with Crippen molar-refractivity contribution >= 4 is 12.0 Å². The summed E-state index contributed by atoms with van der Waals surface area (Å²) in [6, 6.07) is 16.8. The molecule has 1 aliphatic heterocycles. The Hall–Kier alpha value is -2.55. The van der Waals surface area contributed by atoms with Crippen LogP contribution >= 0.6 is 0 Å². The SMILES string of the molecule is O=C(O)C1=Cc2ccccc2OC1c1ccccc1. The molecule has 2 aromatic carbocycles. The summed E-state index contributed by atoms with van der Waals surface area (Å²) in [5.41, 5.74) is 1.89. The van der Waals surface area contributed by atoms with Gasteiger partial charge >= 0.3 is 5.97 Å². The Morgan fingerprint density at radius 3 is 2.42 bits per heavy atom. The number of hydrogen-bond donors (Lipinski definition) is 1. The molecule has 0 fully saturated rings. The molecule has 1 aliphatic rings. The van der Waals surface area contributed by atoms with E-state index >= 15 is 0 Å². The first-order valence-electron chi connectivity index (χ1n) is 6.01. The van der Waals surface area contributed by atoms with Gasteiger partial charge < -0.3 is 9.84 Å². The quantitative estimate of drug-likeness (QED) is 0.892. The number of rotatable bonds is 2. The van der Waals surface area contributed by atoms with Crippen LogP contribution in [-0.4, -0.2) is 11.1 Å². The van der Waals surface area contributed by atoms with E-state index in [0.29, 0.717) is 5.75 Å². The summed E-state index contributed by atoms with van der Waals surface area (Å²) < 4.78 is 5.84. The third-order valence-corrected chi connectivity index (χ3v) is 3.11. The summed E-state index contributed by atoms with van der Waals surface area (Å²) in [6.07, 6.45) is 1.12. The predicted octanol–water partition coefficient (Wildman–Crippen LogP) is 3.29. The molecule has 94 valence electrons. The minimum atomic E-state index is -0.955. The van der Waals surface area contributed by atoms with Crippen LogP contribution in [0.4, 0.5) is 0 Å². The molecule has 2 aromatic rings. The third kappa shape index (κ3) is 2.10. The molecule has 1 unspecified atom stereocenters. The van der Waals surface area contributed by atoms with Gasteiger partial charge in [0.2, 0.25) is 0 Å². The van der Waals surface area contributed by atoms with Crippen LogP contribution in [0.3, 0.4) is 0 Å². The number of carboxylic acid groups (broad SMARTS) is 1. The van der Waals surface area contributed by atoms with E-state index in [-0.39, 0.29) is 5.57 Å². The van der Waals surface area contributed by atoms with Crippen LogP contribution in [0, 0.1) is 0 Å². The summed E-state index contributed by atoms with van der Waals surface area (Å²) in [5.74, 6) is -0.246. The second kappa shape index (κ2) is 4.61. The minimum Gasteiger partial charge on any atom is -0.480 e. The first-order valence-corrected chi connectivity index (χ1v) is 6.01. The molecule has 0 aromatic heterocycles. The van der Waals surface area contributed by atoms with Crippen molar-refractivity contribution in [2.45, 2.75) is 6.10 Å². The lowest BCUT2D eigenvalue weighted by molar-refractivity contribution is -0.133. The van der Waals surface area contributed by atoms with Gasteiger partial charge in [0, 0.05) is 5.56 Å². The normalized spacial score (nSPS) is 17.1. The molecule has 3 nitrogen and oxygen atoms in total. The molecule has 19 heavy (non-hydrogen) atoms. The van der Waals surface area contributed by atoms with Crippen LogP contribution in [0.15, 0.2) is 60.2 Å². The highest BCUT2D eigenvalue weighted by atomic mass is 16.5. The van der Waals surface area contributed by atoms with E-state index in [2.05, 4.69) is 0 Å². The van der Waals surface area contributed by atoms with Crippen LogP contribution < -0.4 is 4.74 Å². The van der Waals surface area contributed by atoms with Gasteiger partial charge in [-0.1, -0.05) is 48.5 Å². The molecule has 0 radical (unpaired) electrons. The third-order valence-electron chi connectivity index (χ3n) is 3.11. The topological polar surface area (TPSA) is 46.5 Å². The van der Waals surface area contributed by atoms with E-state index in [1.54, 1.807) is 6.08 Å². The summed E-state index contributed by atoms with van der Waals surface area (Å²) >= 11 is 0. The number of ether oxygens (including phenoxy) is 1. The largest absolute Gasteiger partial charge is 0.480 e. The highest BCUT2D eigenvalue weighted by Crippen LogP contribution is 2.37. The highest BCUT2D eigenvalue weighted by molar-refractivity contribution is 5.95. The van der Waals surface area contributed by atoms with Gasteiger partial charge in [-0.25, -0.2) is 4.79 Å². The Labute approximate surface area is 110 Å². The van der Waals surface area contributed by atoms with E-state index in [1.165, 1.54) is 0 Å². The van der Waals surface area contributed by atoms with Crippen molar-refractivity contribution in [3.05, 3.63) is 71.3 Å². The van der Waals surface area contributed by atoms with Gasteiger partial charge in [-0.05, 0) is 17.7 Å². The van der Waals surface area contributed by atoms with Crippen molar-refractivity contribution in [2.75, 3.05) is 0 Å². The maximum absolute atomic E-state index is 11.4. The molecular weight excluding hydrogens is 240 g/mol. The van der Waals surface area contributed by atoms with Gasteiger partial charge in [-0.3, -0.25) is 0 Å². The minimum absolute atomic E-state index is 0.255. The fourth-order valence-electron chi connectivity index (χ4n) is 2.19. The van der Waals surface area contributed by atoms with Crippen molar-refractivity contribution in [1.82, 2.24) is 0 Å². The lowest BCUT2D eigenvalue weighted by Crippen LogP contribution is -2.20. The fourth-order valence-corrected chi connectivity index (χ4v) is 2.19. The Morgan fingerprint density at radius 2 is 1.68 bits per heavy atom. The van der Waals surface area contributed by atoms with Gasteiger partial charge in [-0.15, -0.1) is 0 Å². The van der Waals surface area contributed by atoms with Gasteiger partial charge in [0.25, 0.3) is 0 Å². The zero-order valence-electron chi connectivity index (χ0n) is 10.1.